The van der Waals surface area contributed by atoms with Gasteiger partial charge in [0, 0.05) is 11.8 Å². The van der Waals surface area contributed by atoms with E-state index in [1.54, 1.807) is 0 Å². The Hall–Kier alpha value is -1.05. The Labute approximate surface area is 123 Å². The molecule has 0 amide bonds. The van der Waals surface area contributed by atoms with Crippen LogP contribution in [-0.2, 0) is 9.53 Å². The number of hydrogen-bond acceptors (Lipinski definition) is 2. The predicted molar refractivity (Wildman–Crippen MR) is 82.4 cm³/mol. The minimum Gasteiger partial charge on any atom is -0.457 e. The molecule has 1 aliphatic carbocycles. The first-order chi connectivity index (χ1) is 9.59. The van der Waals surface area contributed by atoms with Crippen molar-refractivity contribution < 1.29 is 9.53 Å². The minimum absolute atomic E-state index is 0.0265. The molecule has 0 fully saturated rings. The Morgan fingerprint density at radius 1 is 1.10 bits per heavy atom. The molecule has 0 bridgehead atoms. The third-order valence-corrected chi connectivity index (χ3v) is 4.44. The molecule has 0 saturated heterocycles. The Kier molecular flexibility index (Phi) is 5.45. The smallest absolute Gasteiger partial charge is 0.306 e. The van der Waals surface area contributed by atoms with Gasteiger partial charge < -0.3 is 4.74 Å². The normalized spacial score (nSPS) is 29.8. The second-order valence-electron chi connectivity index (χ2n) is 6.83. The molecule has 1 aliphatic heterocycles. The maximum atomic E-state index is 12.0. The van der Waals surface area contributed by atoms with Gasteiger partial charge in [0.2, 0.25) is 0 Å². The predicted octanol–water partition coefficient (Wildman–Crippen LogP) is 4.95. The largest absolute Gasteiger partial charge is 0.457 e. The van der Waals surface area contributed by atoms with Gasteiger partial charge in [-0.15, -0.1) is 0 Å². The molecule has 0 radical (unpaired) electrons. The van der Waals surface area contributed by atoms with Gasteiger partial charge in [-0.25, -0.2) is 0 Å². The van der Waals surface area contributed by atoms with Crippen LogP contribution in [0, 0.1) is 5.41 Å². The van der Waals surface area contributed by atoms with Crippen molar-refractivity contribution in [1.29, 1.82) is 0 Å². The second kappa shape index (κ2) is 7.10. The van der Waals surface area contributed by atoms with Crippen LogP contribution >= 0.6 is 0 Å². The van der Waals surface area contributed by atoms with Crippen molar-refractivity contribution in [3.8, 4) is 0 Å². The molecule has 20 heavy (non-hydrogen) atoms. The highest BCUT2D eigenvalue weighted by molar-refractivity contribution is 5.70. The molecule has 1 atom stereocenters. The van der Waals surface area contributed by atoms with Crippen LogP contribution in [0.4, 0.5) is 0 Å². The molecule has 0 aromatic heterocycles. The molecule has 112 valence electrons. The van der Waals surface area contributed by atoms with E-state index in [4.69, 9.17) is 4.74 Å². The van der Waals surface area contributed by atoms with Gasteiger partial charge in [-0.05, 0) is 31.3 Å². The summed E-state index contributed by atoms with van der Waals surface area (Å²) in [6, 6.07) is 0. The van der Waals surface area contributed by atoms with Crippen molar-refractivity contribution in [2.75, 3.05) is 0 Å². The van der Waals surface area contributed by atoms with Crippen LogP contribution in [0.1, 0.15) is 71.6 Å². The van der Waals surface area contributed by atoms with Crippen LogP contribution in [-0.4, -0.2) is 12.1 Å². The van der Waals surface area contributed by atoms with Crippen LogP contribution in [0.2, 0.25) is 0 Å². The molecule has 2 nitrogen and oxygen atoms in total. The van der Waals surface area contributed by atoms with Crippen LogP contribution in [0.25, 0.3) is 0 Å². The maximum Gasteiger partial charge on any atom is 0.306 e. The van der Waals surface area contributed by atoms with Crippen molar-refractivity contribution in [3.05, 3.63) is 23.8 Å². The van der Waals surface area contributed by atoms with Gasteiger partial charge in [-0.1, -0.05) is 57.8 Å². The van der Waals surface area contributed by atoms with Crippen LogP contribution < -0.4 is 0 Å². The van der Waals surface area contributed by atoms with Crippen LogP contribution in [0.3, 0.4) is 0 Å². The average molecular weight is 276 g/mol. The lowest BCUT2D eigenvalue weighted by molar-refractivity contribution is -0.151. The topological polar surface area (TPSA) is 26.3 Å². The van der Waals surface area contributed by atoms with Crippen molar-refractivity contribution in [1.82, 2.24) is 0 Å². The van der Waals surface area contributed by atoms with Gasteiger partial charge in [0.25, 0.3) is 0 Å². The first kappa shape index (κ1) is 15.3. The molecule has 2 rings (SSSR count). The van der Waals surface area contributed by atoms with E-state index in [9.17, 15) is 4.79 Å². The fourth-order valence-electron chi connectivity index (χ4n) is 3.08. The van der Waals surface area contributed by atoms with Gasteiger partial charge >= 0.3 is 5.97 Å². The van der Waals surface area contributed by atoms with E-state index in [0.29, 0.717) is 6.42 Å². The SMILES string of the molecule is CC1(C)CC=C2/C=C/CCCCCCCCC(=O)OC21. The highest BCUT2D eigenvalue weighted by atomic mass is 16.5. The summed E-state index contributed by atoms with van der Waals surface area (Å²) < 4.78 is 5.78. The van der Waals surface area contributed by atoms with Crippen LogP contribution in [0.15, 0.2) is 23.8 Å². The minimum atomic E-state index is -0.0609. The monoisotopic (exact) mass is 276 g/mol. The fourth-order valence-corrected chi connectivity index (χ4v) is 3.08. The van der Waals surface area contributed by atoms with E-state index < -0.39 is 0 Å². The summed E-state index contributed by atoms with van der Waals surface area (Å²) in [4.78, 5) is 12.0. The number of ether oxygens (including phenoxy) is 1. The van der Waals surface area contributed by atoms with Gasteiger partial charge in [-0.2, -0.15) is 0 Å². The lowest BCUT2D eigenvalue weighted by atomic mass is 9.86. The summed E-state index contributed by atoms with van der Waals surface area (Å²) in [5.41, 5.74) is 1.23. The second-order valence-corrected chi connectivity index (χ2v) is 6.83. The quantitative estimate of drug-likeness (QED) is 0.585. The van der Waals surface area contributed by atoms with E-state index in [0.717, 1.165) is 25.7 Å². The van der Waals surface area contributed by atoms with E-state index in [1.807, 2.05) is 0 Å². The number of rotatable bonds is 0. The first-order valence-electron chi connectivity index (χ1n) is 8.16. The van der Waals surface area contributed by atoms with Crippen LogP contribution in [0.5, 0.6) is 0 Å². The molecule has 0 aromatic rings. The standard InChI is InChI=1S/C18H28O2/c1-18(2)14-13-15-11-9-7-5-3-4-6-8-10-12-16(19)20-17(15)18/h9,11,13,17H,3-8,10,12,14H2,1-2H3/b11-9+. The zero-order valence-electron chi connectivity index (χ0n) is 13.0. The first-order valence-corrected chi connectivity index (χ1v) is 8.16. The number of carbonyl (C=O) groups is 1. The van der Waals surface area contributed by atoms with E-state index >= 15 is 0 Å². The van der Waals surface area contributed by atoms with Gasteiger partial charge in [0.15, 0.2) is 0 Å². The van der Waals surface area contributed by atoms with Gasteiger partial charge in [0.05, 0.1) is 0 Å². The zero-order valence-corrected chi connectivity index (χ0v) is 13.0. The highest BCUT2D eigenvalue weighted by Gasteiger charge is 2.38. The molecule has 2 heteroatoms. The van der Waals surface area contributed by atoms with Gasteiger partial charge in [0.1, 0.15) is 6.10 Å². The van der Waals surface area contributed by atoms with Crippen molar-refractivity contribution >= 4 is 5.97 Å². The van der Waals surface area contributed by atoms with Crippen molar-refractivity contribution in [2.45, 2.75) is 77.7 Å². The third-order valence-electron chi connectivity index (χ3n) is 4.44. The lowest BCUT2D eigenvalue weighted by Gasteiger charge is -2.28. The average Bonchev–Trinajstić information content (AvgIpc) is 2.68. The van der Waals surface area contributed by atoms with Crippen molar-refractivity contribution in [3.63, 3.8) is 0 Å². The molecule has 1 heterocycles. The van der Waals surface area contributed by atoms with E-state index in [1.165, 1.54) is 31.3 Å². The zero-order chi connectivity index (χ0) is 14.4. The van der Waals surface area contributed by atoms with Gasteiger partial charge in [-0.3, -0.25) is 4.79 Å². The summed E-state index contributed by atoms with van der Waals surface area (Å²) in [6.45, 7) is 4.37. The summed E-state index contributed by atoms with van der Waals surface area (Å²) in [7, 11) is 0. The number of esters is 1. The highest BCUT2D eigenvalue weighted by Crippen LogP contribution is 2.40. The molecule has 0 N–H and O–H groups in total. The Bertz CT molecular complexity index is 390. The summed E-state index contributed by atoms with van der Waals surface area (Å²) in [5.74, 6) is -0.0265. The number of carbonyl (C=O) groups excluding carboxylic acids is 1. The fraction of sp³-hybridized carbons (Fsp3) is 0.722. The number of hydrogen-bond donors (Lipinski definition) is 0. The molecule has 1 unspecified atom stereocenters. The number of allylic oxidation sites excluding steroid dienone is 2. The molecular weight excluding hydrogens is 248 g/mol. The summed E-state index contributed by atoms with van der Waals surface area (Å²) >= 11 is 0. The number of fused-ring (bicyclic) bond motifs is 1. The summed E-state index contributed by atoms with van der Waals surface area (Å²) in [5, 5.41) is 0. The third kappa shape index (κ3) is 4.22. The molecular formula is C18H28O2. The lowest BCUT2D eigenvalue weighted by Crippen LogP contribution is -2.31. The Morgan fingerprint density at radius 2 is 1.80 bits per heavy atom. The maximum absolute atomic E-state index is 12.0. The molecule has 0 spiro atoms. The van der Waals surface area contributed by atoms with E-state index in [2.05, 4.69) is 32.1 Å². The van der Waals surface area contributed by atoms with Crippen molar-refractivity contribution in [2.24, 2.45) is 5.41 Å². The Morgan fingerprint density at radius 3 is 2.60 bits per heavy atom. The summed E-state index contributed by atoms with van der Waals surface area (Å²) in [6.07, 6.45) is 16.6. The Balaban J connectivity index is 2.05. The molecule has 0 saturated carbocycles. The molecule has 0 aromatic carbocycles. The molecule has 2 aliphatic rings. The van der Waals surface area contributed by atoms with E-state index in [-0.39, 0.29) is 17.5 Å².